The fourth-order valence-corrected chi connectivity index (χ4v) is 4.14. The molecule has 1 heterocycles. The van der Waals surface area contributed by atoms with Crippen molar-refractivity contribution in [2.75, 3.05) is 47.4 Å². The molecule has 1 atom stereocenters. The number of piperidine rings is 1. The highest BCUT2D eigenvalue weighted by Crippen LogP contribution is 2.32. The van der Waals surface area contributed by atoms with Gasteiger partial charge >= 0.3 is 0 Å². The molecule has 0 saturated carbocycles. The highest BCUT2D eigenvalue weighted by molar-refractivity contribution is 5.97. The molecule has 5 nitrogen and oxygen atoms in total. The number of rotatable bonds is 8. The van der Waals surface area contributed by atoms with E-state index in [1.807, 2.05) is 41.3 Å². The van der Waals surface area contributed by atoms with Crippen molar-refractivity contribution in [2.24, 2.45) is 5.92 Å². The highest BCUT2D eigenvalue weighted by Gasteiger charge is 2.26. The van der Waals surface area contributed by atoms with Crippen molar-refractivity contribution < 1.29 is 14.3 Å². The second-order valence-corrected chi connectivity index (χ2v) is 7.80. The van der Waals surface area contributed by atoms with Gasteiger partial charge in [-0.3, -0.25) is 4.79 Å². The zero-order valence-electron chi connectivity index (χ0n) is 17.8. The lowest BCUT2D eigenvalue weighted by atomic mass is 9.97. The van der Waals surface area contributed by atoms with E-state index in [9.17, 15) is 4.79 Å². The van der Waals surface area contributed by atoms with Crippen LogP contribution in [0.25, 0.3) is 0 Å². The molecule has 1 amide bonds. The van der Waals surface area contributed by atoms with Crippen LogP contribution in [-0.4, -0.2) is 63.2 Å². The summed E-state index contributed by atoms with van der Waals surface area (Å²) in [6.45, 7) is 3.61. The standard InChI is InChI=1S/C24H32N2O3/c1-25-15-8-11-20(17-25)18-26(16-14-19-9-5-4-6-10-19)24(27)21-12-7-13-22(28-2)23(21)29-3/h4-7,9-10,12-13,20H,8,11,14-18H2,1-3H3/t20-/m0/s1. The minimum atomic E-state index is 0.00454. The van der Waals surface area contributed by atoms with Crippen LogP contribution in [0.2, 0.25) is 0 Å². The summed E-state index contributed by atoms with van der Waals surface area (Å²) in [4.78, 5) is 17.9. The van der Waals surface area contributed by atoms with Crippen molar-refractivity contribution in [3.8, 4) is 11.5 Å². The van der Waals surface area contributed by atoms with Gasteiger partial charge < -0.3 is 19.3 Å². The van der Waals surface area contributed by atoms with Crippen LogP contribution >= 0.6 is 0 Å². The van der Waals surface area contributed by atoms with Crippen LogP contribution in [0.1, 0.15) is 28.8 Å². The molecule has 1 fully saturated rings. The number of hydrogen-bond donors (Lipinski definition) is 0. The van der Waals surface area contributed by atoms with Gasteiger partial charge in [0.25, 0.3) is 5.91 Å². The second-order valence-electron chi connectivity index (χ2n) is 7.80. The Labute approximate surface area is 174 Å². The van der Waals surface area contributed by atoms with Crippen LogP contribution < -0.4 is 9.47 Å². The van der Waals surface area contributed by atoms with Crippen LogP contribution in [-0.2, 0) is 6.42 Å². The third-order valence-corrected chi connectivity index (χ3v) is 5.63. The molecular formula is C24H32N2O3. The lowest BCUT2D eigenvalue weighted by Gasteiger charge is -2.34. The van der Waals surface area contributed by atoms with E-state index >= 15 is 0 Å². The van der Waals surface area contributed by atoms with E-state index in [0.717, 1.165) is 32.5 Å². The predicted octanol–water partition coefficient (Wildman–Crippen LogP) is 3.73. The number of carbonyl (C=O) groups excluding carboxylic acids is 1. The molecule has 0 aromatic heterocycles. The average Bonchev–Trinajstić information content (AvgIpc) is 2.76. The summed E-state index contributed by atoms with van der Waals surface area (Å²) in [7, 11) is 5.34. The van der Waals surface area contributed by atoms with Gasteiger partial charge in [-0.1, -0.05) is 36.4 Å². The molecule has 156 valence electrons. The fraction of sp³-hybridized carbons (Fsp3) is 0.458. The second kappa shape index (κ2) is 10.3. The number of hydrogen-bond acceptors (Lipinski definition) is 4. The van der Waals surface area contributed by atoms with E-state index in [0.29, 0.717) is 29.5 Å². The van der Waals surface area contributed by atoms with Crippen molar-refractivity contribution in [1.82, 2.24) is 9.80 Å². The summed E-state index contributed by atoms with van der Waals surface area (Å²) in [5.41, 5.74) is 1.80. The third-order valence-electron chi connectivity index (χ3n) is 5.63. The number of benzene rings is 2. The molecule has 1 aliphatic rings. The third kappa shape index (κ3) is 5.51. The Kier molecular flexibility index (Phi) is 7.53. The van der Waals surface area contributed by atoms with Crippen molar-refractivity contribution in [3.05, 3.63) is 59.7 Å². The normalized spacial score (nSPS) is 17.0. The molecule has 3 rings (SSSR count). The number of amides is 1. The summed E-state index contributed by atoms with van der Waals surface area (Å²) >= 11 is 0. The molecular weight excluding hydrogens is 364 g/mol. The van der Waals surface area contributed by atoms with Crippen LogP contribution in [0.3, 0.4) is 0 Å². The van der Waals surface area contributed by atoms with Crippen molar-refractivity contribution in [3.63, 3.8) is 0 Å². The van der Waals surface area contributed by atoms with Gasteiger partial charge in [-0.2, -0.15) is 0 Å². The first-order valence-electron chi connectivity index (χ1n) is 10.3. The largest absolute Gasteiger partial charge is 0.493 e. The number of carbonyl (C=O) groups is 1. The summed E-state index contributed by atoms with van der Waals surface area (Å²) in [5.74, 6) is 1.58. The van der Waals surface area contributed by atoms with Crippen molar-refractivity contribution in [2.45, 2.75) is 19.3 Å². The Morgan fingerprint density at radius 3 is 2.59 bits per heavy atom. The molecule has 29 heavy (non-hydrogen) atoms. The Balaban J connectivity index is 1.82. The average molecular weight is 397 g/mol. The van der Waals surface area contributed by atoms with Crippen LogP contribution in [0.4, 0.5) is 0 Å². The van der Waals surface area contributed by atoms with Gasteiger partial charge in [-0.05, 0) is 56.5 Å². The molecule has 0 unspecified atom stereocenters. The Hall–Kier alpha value is -2.53. The minimum absolute atomic E-state index is 0.00454. The number of ether oxygens (including phenoxy) is 2. The van der Waals surface area contributed by atoms with E-state index in [4.69, 9.17) is 9.47 Å². The van der Waals surface area contributed by atoms with Gasteiger partial charge in [-0.25, -0.2) is 0 Å². The SMILES string of the molecule is COc1cccc(C(=O)N(CCc2ccccc2)C[C@H]2CCCN(C)C2)c1OC. The molecule has 0 aliphatic carbocycles. The topological polar surface area (TPSA) is 42.0 Å². The molecule has 5 heteroatoms. The predicted molar refractivity (Wildman–Crippen MR) is 116 cm³/mol. The number of likely N-dealkylation sites (tertiary alicyclic amines) is 1. The highest BCUT2D eigenvalue weighted by atomic mass is 16.5. The molecule has 0 radical (unpaired) electrons. The molecule has 0 bridgehead atoms. The van der Waals surface area contributed by atoms with E-state index in [1.165, 1.54) is 12.0 Å². The quantitative estimate of drug-likeness (QED) is 0.682. The number of para-hydroxylation sites is 1. The maximum absolute atomic E-state index is 13.5. The first-order chi connectivity index (χ1) is 14.1. The van der Waals surface area contributed by atoms with Gasteiger partial charge in [0.15, 0.2) is 11.5 Å². The zero-order valence-corrected chi connectivity index (χ0v) is 17.8. The van der Waals surface area contributed by atoms with Gasteiger partial charge in [0.05, 0.1) is 19.8 Å². The Morgan fingerprint density at radius 2 is 1.90 bits per heavy atom. The maximum Gasteiger partial charge on any atom is 0.257 e. The smallest absolute Gasteiger partial charge is 0.257 e. The van der Waals surface area contributed by atoms with Crippen LogP contribution in [0, 0.1) is 5.92 Å². The zero-order chi connectivity index (χ0) is 20.6. The van der Waals surface area contributed by atoms with Crippen LogP contribution in [0.15, 0.2) is 48.5 Å². The molecule has 0 N–H and O–H groups in total. The summed E-state index contributed by atoms with van der Waals surface area (Å²) in [5, 5.41) is 0. The maximum atomic E-state index is 13.5. The molecule has 1 aliphatic heterocycles. The summed E-state index contributed by atoms with van der Waals surface area (Å²) in [6.07, 6.45) is 3.18. The molecule has 2 aromatic rings. The van der Waals surface area contributed by atoms with E-state index in [2.05, 4.69) is 24.1 Å². The molecule has 1 saturated heterocycles. The van der Waals surface area contributed by atoms with E-state index in [-0.39, 0.29) is 5.91 Å². The van der Waals surface area contributed by atoms with Gasteiger partial charge in [0.2, 0.25) is 0 Å². The number of methoxy groups -OCH3 is 2. The Bertz CT molecular complexity index is 794. The molecule has 0 spiro atoms. The lowest BCUT2D eigenvalue weighted by molar-refractivity contribution is 0.0689. The lowest BCUT2D eigenvalue weighted by Crippen LogP contribution is -2.42. The fourth-order valence-electron chi connectivity index (χ4n) is 4.14. The van der Waals surface area contributed by atoms with Crippen molar-refractivity contribution in [1.29, 1.82) is 0 Å². The van der Waals surface area contributed by atoms with Crippen LogP contribution in [0.5, 0.6) is 11.5 Å². The Morgan fingerprint density at radius 1 is 1.10 bits per heavy atom. The molecule has 2 aromatic carbocycles. The first-order valence-corrected chi connectivity index (χ1v) is 10.3. The first kappa shape index (κ1) is 21.2. The van der Waals surface area contributed by atoms with Gasteiger partial charge in [0, 0.05) is 19.6 Å². The number of nitrogens with zero attached hydrogens (tertiary/aromatic N) is 2. The van der Waals surface area contributed by atoms with Gasteiger partial charge in [-0.15, -0.1) is 0 Å². The van der Waals surface area contributed by atoms with Crippen molar-refractivity contribution >= 4 is 5.91 Å². The van der Waals surface area contributed by atoms with Gasteiger partial charge in [0.1, 0.15) is 0 Å². The summed E-state index contributed by atoms with van der Waals surface area (Å²) in [6, 6.07) is 15.8. The van der Waals surface area contributed by atoms with E-state index < -0.39 is 0 Å². The van der Waals surface area contributed by atoms with E-state index in [1.54, 1.807) is 14.2 Å². The summed E-state index contributed by atoms with van der Waals surface area (Å²) < 4.78 is 10.9. The monoisotopic (exact) mass is 396 g/mol. The minimum Gasteiger partial charge on any atom is -0.493 e.